The van der Waals surface area contributed by atoms with Crippen molar-refractivity contribution in [2.45, 2.75) is 6.92 Å². The van der Waals surface area contributed by atoms with Crippen molar-refractivity contribution in [1.29, 1.82) is 0 Å². The fourth-order valence-corrected chi connectivity index (χ4v) is 1.87. The van der Waals surface area contributed by atoms with Crippen LogP contribution in [0, 0.1) is 0 Å². The van der Waals surface area contributed by atoms with Crippen molar-refractivity contribution < 1.29 is 14.3 Å². The summed E-state index contributed by atoms with van der Waals surface area (Å²) < 4.78 is 10.4. The van der Waals surface area contributed by atoms with Crippen molar-refractivity contribution in [3.05, 3.63) is 53.9 Å². The number of amides is 1. The summed E-state index contributed by atoms with van der Waals surface area (Å²) in [5, 5.41) is 4.05. The summed E-state index contributed by atoms with van der Waals surface area (Å²) in [5.41, 5.74) is 4.30. The Hall–Kier alpha value is -2.89. The minimum Gasteiger partial charge on any atom is -0.454 e. The van der Waals surface area contributed by atoms with E-state index >= 15 is 0 Å². The van der Waals surface area contributed by atoms with Gasteiger partial charge in [-0.1, -0.05) is 6.07 Å². The number of hydrogen-bond acceptors (Lipinski definition) is 5. The van der Waals surface area contributed by atoms with Gasteiger partial charge in [-0.15, -0.1) is 0 Å². The number of nitrogens with one attached hydrogen (secondary N) is 1. The van der Waals surface area contributed by atoms with E-state index in [1.165, 1.54) is 0 Å². The average molecular weight is 283 g/mol. The molecule has 0 spiro atoms. The molecule has 2 heterocycles. The lowest BCUT2D eigenvalue weighted by atomic mass is 10.2. The third-order valence-corrected chi connectivity index (χ3v) is 3.00. The van der Waals surface area contributed by atoms with Crippen LogP contribution < -0.4 is 14.9 Å². The normalized spacial score (nSPS) is 13.1. The maximum atomic E-state index is 12.0. The zero-order valence-corrected chi connectivity index (χ0v) is 11.4. The van der Waals surface area contributed by atoms with E-state index in [0.717, 1.165) is 0 Å². The van der Waals surface area contributed by atoms with Gasteiger partial charge in [0.15, 0.2) is 11.5 Å². The van der Waals surface area contributed by atoms with Crippen molar-refractivity contribution in [2.75, 3.05) is 6.79 Å². The summed E-state index contributed by atoms with van der Waals surface area (Å²) in [6, 6.07) is 10.5. The van der Waals surface area contributed by atoms with E-state index in [4.69, 9.17) is 9.47 Å². The van der Waals surface area contributed by atoms with E-state index in [0.29, 0.717) is 28.5 Å². The SMILES string of the molecule is C/C(=N/NC(=O)c1ccc2c(c1)OCO2)c1ccccn1. The van der Waals surface area contributed by atoms with Crippen LogP contribution in [0.25, 0.3) is 0 Å². The van der Waals surface area contributed by atoms with Crippen LogP contribution in [0.3, 0.4) is 0 Å². The lowest BCUT2D eigenvalue weighted by Gasteiger charge is -2.03. The monoisotopic (exact) mass is 283 g/mol. The molecule has 1 amide bonds. The molecule has 2 aromatic rings. The Kier molecular flexibility index (Phi) is 3.51. The third kappa shape index (κ3) is 2.84. The van der Waals surface area contributed by atoms with Gasteiger partial charge >= 0.3 is 0 Å². The van der Waals surface area contributed by atoms with Gasteiger partial charge in [-0.2, -0.15) is 5.10 Å². The van der Waals surface area contributed by atoms with Crippen LogP contribution >= 0.6 is 0 Å². The van der Waals surface area contributed by atoms with Gasteiger partial charge in [0.05, 0.1) is 11.4 Å². The number of carbonyl (C=O) groups excluding carboxylic acids is 1. The maximum absolute atomic E-state index is 12.0. The number of hydrazone groups is 1. The van der Waals surface area contributed by atoms with Gasteiger partial charge in [0.25, 0.3) is 5.91 Å². The van der Waals surface area contributed by atoms with E-state index in [-0.39, 0.29) is 12.7 Å². The Bertz CT molecular complexity index is 699. The Balaban J connectivity index is 1.72. The number of fused-ring (bicyclic) bond motifs is 1. The summed E-state index contributed by atoms with van der Waals surface area (Å²) in [6.45, 7) is 1.96. The fourth-order valence-electron chi connectivity index (χ4n) is 1.87. The van der Waals surface area contributed by atoms with Crippen LogP contribution in [0.5, 0.6) is 11.5 Å². The molecule has 1 aliphatic rings. The third-order valence-electron chi connectivity index (χ3n) is 3.00. The smallest absolute Gasteiger partial charge is 0.271 e. The minimum atomic E-state index is -0.316. The van der Waals surface area contributed by atoms with Crippen molar-refractivity contribution in [1.82, 2.24) is 10.4 Å². The Morgan fingerprint density at radius 2 is 2.10 bits per heavy atom. The van der Waals surface area contributed by atoms with Gasteiger partial charge in [-0.25, -0.2) is 5.43 Å². The molecular weight excluding hydrogens is 270 g/mol. The highest BCUT2D eigenvalue weighted by Gasteiger charge is 2.16. The standard InChI is InChI=1S/C15H13N3O3/c1-10(12-4-2-3-7-16-12)17-18-15(19)11-5-6-13-14(8-11)21-9-20-13/h2-8H,9H2,1H3,(H,18,19)/b17-10-. The highest BCUT2D eigenvalue weighted by Crippen LogP contribution is 2.32. The Morgan fingerprint density at radius 3 is 2.90 bits per heavy atom. The zero-order valence-electron chi connectivity index (χ0n) is 11.4. The molecule has 1 N–H and O–H groups in total. The first kappa shape index (κ1) is 13.1. The lowest BCUT2D eigenvalue weighted by Crippen LogP contribution is -2.19. The minimum absolute atomic E-state index is 0.178. The number of rotatable bonds is 3. The molecule has 106 valence electrons. The summed E-state index contributed by atoms with van der Waals surface area (Å²) in [4.78, 5) is 16.2. The number of benzene rings is 1. The average Bonchev–Trinajstić information content (AvgIpc) is 3.00. The van der Waals surface area contributed by atoms with Crippen molar-refractivity contribution in [3.8, 4) is 11.5 Å². The number of pyridine rings is 1. The molecule has 21 heavy (non-hydrogen) atoms. The molecule has 0 saturated heterocycles. The van der Waals surface area contributed by atoms with Crippen molar-refractivity contribution in [3.63, 3.8) is 0 Å². The first-order valence-corrected chi connectivity index (χ1v) is 6.40. The van der Waals surface area contributed by atoms with Gasteiger partial charge in [-0.05, 0) is 37.3 Å². The van der Waals surface area contributed by atoms with E-state index in [9.17, 15) is 4.79 Å². The second-order valence-electron chi connectivity index (χ2n) is 4.42. The molecule has 1 aliphatic heterocycles. The molecule has 3 rings (SSSR count). The predicted octanol–water partition coefficient (Wildman–Crippen LogP) is 1.96. The van der Waals surface area contributed by atoms with Crippen LogP contribution in [0.15, 0.2) is 47.7 Å². The van der Waals surface area contributed by atoms with Crippen LogP contribution in [0.1, 0.15) is 23.0 Å². The fraction of sp³-hybridized carbons (Fsp3) is 0.133. The van der Waals surface area contributed by atoms with E-state index in [2.05, 4.69) is 15.5 Å². The van der Waals surface area contributed by atoms with E-state index in [1.54, 1.807) is 31.3 Å². The summed E-state index contributed by atoms with van der Waals surface area (Å²) >= 11 is 0. The molecule has 0 bridgehead atoms. The predicted molar refractivity (Wildman–Crippen MR) is 76.5 cm³/mol. The molecule has 0 unspecified atom stereocenters. The second-order valence-corrected chi connectivity index (χ2v) is 4.42. The topological polar surface area (TPSA) is 72.8 Å². The molecule has 0 atom stereocenters. The van der Waals surface area contributed by atoms with Crippen LogP contribution in [0.2, 0.25) is 0 Å². The van der Waals surface area contributed by atoms with Gasteiger partial charge in [-0.3, -0.25) is 9.78 Å². The highest BCUT2D eigenvalue weighted by atomic mass is 16.7. The molecule has 0 aliphatic carbocycles. The van der Waals surface area contributed by atoms with Gasteiger partial charge in [0.1, 0.15) is 0 Å². The summed E-state index contributed by atoms with van der Waals surface area (Å²) in [5.74, 6) is 0.886. The molecular formula is C15H13N3O3. The Labute approximate surface area is 121 Å². The maximum Gasteiger partial charge on any atom is 0.271 e. The molecule has 6 heteroatoms. The van der Waals surface area contributed by atoms with Crippen LogP contribution in [0.4, 0.5) is 0 Å². The first-order valence-electron chi connectivity index (χ1n) is 6.40. The summed E-state index contributed by atoms with van der Waals surface area (Å²) in [6.07, 6.45) is 1.67. The van der Waals surface area contributed by atoms with Gasteiger partial charge in [0.2, 0.25) is 6.79 Å². The molecule has 0 fully saturated rings. The molecule has 6 nitrogen and oxygen atoms in total. The molecule has 1 aromatic carbocycles. The number of hydrogen-bond donors (Lipinski definition) is 1. The first-order chi connectivity index (χ1) is 10.2. The van der Waals surface area contributed by atoms with Crippen LogP contribution in [-0.2, 0) is 0 Å². The number of nitrogens with zero attached hydrogens (tertiary/aromatic N) is 2. The van der Waals surface area contributed by atoms with Gasteiger partial charge in [0, 0.05) is 11.8 Å². The molecule has 0 radical (unpaired) electrons. The largest absolute Gasteiger partial charge is 0.454 e. The highest BCUT2D eigenvalue weighted by molar-refractivity contribution is 5.99. The Morgan fingerprint density at radius 1 is 1.24 bits per heavy atom. The van der Waals surface area contributed by atoms with Crippen molar-refractivity contribution in [2.24, 2.45) is 5.10 Å². The van der Waals surface area contributed by atoms with Crippen molar-refractivity contribution >= 4 is 11.6 Å². The molecule has 0 saturated carbocycles. The lowest BCUT2D eigenvalue weighted by molar-refractivity contribution is 0.0954. The van der Waals surface area contributed by atoms with Crippen LogP contribution in [-0.4, -0.2) is 23.4 Å². The second kappa shape index (κ2) is 5.62. The van der Waals surface area contributed by atoms with Gasteiger partial charge < -0.3 is 9.47 Å². The zero-order chi connectivity index (χ0) is 14.7. The number of aromatic nitrogens is 1. The molecule has 1 aromatic heterocycles. The van der Waals surface area contributed by atoms with E-state index in [1.807, 2.05) is 18.2 Å². The van der Waals surface area contributed by atoms with E-state index < -0.39 is 0 Å². The number of ether oxygens (including phenoxy) is 2. The summed E-state index contributed by atoms with van der Waals surface area (Å²) in [7, 11) is 0. The number of carbonyl (C=O) groups is 1. The quantitative estimate of drug-likeness (QED) is 0.690.